The predicted octanol–water partition coefficient (Wildman–Crippen LogP) is 3.95. The molecule has 1 aliphatic heterocycles. The lowest BCUT2D eigenvalue weighted by Crippen LogP contribution is -2.49. The van der Waals surface area contributed by atoms with Crippen molar-refractivity contribution in [1.29, 1.82) is 0 Å². The van der Waals surface area contributed by atoms with Gasteiger partial charge in [-0.3, -0.25) is 9.59 Å². The van der Waals surface area contributed by atoms with Gasteiger partial charge in [0.1, 0.15) is 0 Å². The summed E-state index contributed by atoms with van der Waals surface area (Å²) in [7, 11) is 0. The number of thioether (sulfide) groups is 1. The zero-order valence-electron chi connectivity index (χ0n) is 16.2. The molecule has 0 bridgehead atoms. The number of aryl methyl sites for hydroxylation is 2. The molecule has 1 saturated heterocycles. The molecule has 1 amide bonds. The average molecular weight is 383 g/mol. The number of ketones is 1. The van der Waals surface area contributed by atoms with Crippen LogP contribution >= 0.6 is 11.8 Å². The van der Waals surface area contributed by atoms with Gasteiger partial charge >= 0.3 is 0 Å². The molecule has 0 radical (unpaired) electrons. The Morgan fingerprint density at radius 2 is 1.63 bits per heavy atom. The van der Waals surface area contributed by atoms with E-state index in [0.29, 0.717) is 5.75 Å². The molecule has 2 aromatic rings. The van der Waals surface area contributed by atoms with E-state index in [0.717, 1.165) is 37.4 Å². The van der Waals surface area contributed by atoms with Crippen LogP contribution in [-0.4, -0.2) is 48.5 Å². The van der Waals surface area contributed by atoms with Crippen molar-refractivity contribution in [1.82, 2.24) is 4.90 Å². The largest absolute Gasteiger partial charge is 0.368 e. The maximum atomic E-state index is 12.6. The Morgan fingerprint density at radius 3 is 2.22 bits per heavy atom. The molecule has 27 heavy (non-hydrogen) atoms. The molecule has 0 spiro atoms. The van der Waals surface area contributed by atoms with Crippen LogP contribution < -0.4 is 4.90 Å². The van der Waals surface area contributed by atoms with Gasteiger partial charge in [0.25, 0.3) is 0 Å². The second-order valence-corrected chi connectivity index (χ2v) is 8.05. The first kappa shape index (κ1) is 19.5. The monoisotopic (exact) mass is 382 g/mol. The van der Waals surface area contributed by atoms with Gasteiger partial charge in [-0.1, -0.05) is 17.7 Å². The number of piperazine rings is 1. The number of nitrogens with zero attached hydrogens (tertiary/aromatic N) is 2. The SMILES string of the molecule is CC(=O)c1ccc(N2CCN(C(=O)CSc3ccc(C)cc3C)CC2)cc1. The highest BCUT2D eigenvalue weighted by Gasteiger charge is 2.21. The molecule has 4 nitrogen and oxygen atoms in total. The molecule has 142 valence electrons. The maximum Gasteiger partial charge on any atom is 0.233 e. The highest BCUT2D eigenvalue weighted by molar-refractivity contribution is 8.00. The van der Waals surface area contributed by atoms with Crippen LogP contribution in [-0.2, 0) is 4.79 Å². The van der Waals surface area contributed by atoms with Crippen molar-refractivity contribution < 1.29 is 9.59 Å². The quantitative estimate of drug-likeness (QED) is 0.580. The topological polar surface area (TPSA) is 40.6 Å². The Hall–Kier alpha value is -2.27. The van der Waals surface area contributed by atoms with Gasteiger partial charge in [0, 0.05) is 42.3 Å². The van der Waals surface area contributed by atoms with Crippen LogP contribution in [0.15, 0.2) is 47.4 Å². The summed E-state index contributed by atoms with van der Waals surface area (Å²) in [4.78, 5) is 29.4. The molecule has 3 rings (SSSR count). The van der Waals surface area contributed by atoms with E-state index in [9.17, 15) is 9.59 Å². The van der Waals surface area contributed by atoms with Gasteiger partial charge in [0.15, 0.2) is 5.78 Å². The fourth-order valence-electron chi connectivity index (χ4n) is 3.31. The average Bonchev–Trinajstić information content (AvgIpc) is 2.67. The van der Waals surface area contributed by atoms with E-state index in [4.69, 9.17) is 0 Å². The zero-order chi connectivity index (χ0) is 19.4. The number of rotatable bonds is 5. The minimum atomic E-state index is 0.0817. The van der Waals surface area contributed by atoms with Crippen molar-refractivity contribution in [2.24, 2.45) is 0 Å². The predicted molar refractivity (Wildman–Crippen MR) is 112 cm³/mol. The minimum Gasteiger partial charge on any atom is -0.368 e. The molecular weight excluding hydrogens is 356 g/mol. The third-order valence-corrected chi connectivity index (χ3v) is 6.11. The number of amides is 1. The lowest BCUT2D eigenvalue weighted by molar-refractivity contribution is -0.128. The smallest absolute Gasteiger partial charge is 0.233 e. The number of carbonyl (C=O) groups excluding carboxylic acids is 2. The van der Waals surface area contributed by atoms with Crippen LogP contribution in [0.4, 0.5) is 5.69 Å². The van der Waals surface area contributed by atoms with Gasteiger partial charge in [-0.25, -0.2) is 0 Å². The molecule has 1 fully saturated rings. The van der Waals surface area contributed by atoms with Crippen molar-refractivity contribution in [2.45, 2.75) is 25.7 Å². The molecule has 0 unspecified atom stereocenters. The second kappa shape index (κ2) is 8.61. The summed E-state index contributed by atoms with van der Waals surface area (Å²) in [5, 5.41) is 0. The van der Waals surface area contributed by atoms with Crippen LogP contribution in [0.25, 0.3) is 0 Å². The summed E-state index contributed by atoms with van der Waals surface area (Å²) in [5.41, 5.74) is 4.31. The van der Waals surface area contributed by atoms with Crippen LogP contribution in [0, 0.1) is 13.8 Å². The maximum absolute atomic E-state index is 12.6. The van der Waals surface area contributed by atoms with E-state index in [1.165, 1.54) is 16.0 Å². The Morgan fingerprint density at radius 1 is 0.963 bits per heavy atom. The van der Waals surface area contributed by atoms with Gasteiger partial charge in [0.2, 0.25) is 5.91 Å². The highest BCUT2D eigenvalue weighted by atomic mass is 32.2. The van der Waals surface area contributed by atoms with Gasteiger partial charge < -0.3 is 9.80 Å². The number of anilines is 1. The summed E-state index contributed by atoms with van der Waals surface area (Å²) in [6.45, 7) is 8.87. The fourth-order valence-corrected chi connectivity index (χ4v) is 4.23. The van der Waals surface area contributed by atoms with Crippen molar-refractivity contribution in [3.05, 3.63) is 59.2 Å². The molecule has 5 heteroatoms. The molecule has 0 aliphatic carbocycles. The van der Waals surface area contributed by atoms with Crippen LogP contribution in [0.2, 0.25) is 0 Å². The Bertz CT molecular complexity index is 825. The summed E-state index contributed by atoms with van der Waals surface area (Å²) in [6.07, 6.45) is 0. The number of carbonyl (C=O) groups is 2. The van der Waals surface area contributed by atoms with Gasteiger partial charge in [-0.2, -0.15) is 0 Å². The van der Waals surface area contributed by atoms with Gasteiger partial charge in [0.05, 0.1) is 5.75 Å². The van der Waals surface area contributed by atoms with Crippen LogP contribution in [0.1, 0.15) is 28.4 Å². The normalized spacial score (nSPS) is 14.3. The zero-order valence-corrected chi connectivity index (χ0v) is 17.0. The first-order valence-corrected chi connectivity index (χ1v) is 10.3. The molecule has 1 heterocycles. The Kier molecular flexibility index (Phi) is 6.22. The third kappa shape index (κ3) is 4.92. The van der Waals surface area contributed by atoms with Gasteiger partial charge in [-0.05, 0) is 56.7 Å². The highest BCUT2D eigenvalue weighted by Crippen LogP contribution is 2.24. The molecule has 0 N–H and O–H groups in total. The molecular formula is C22H26N2O2S. The minimum absolute atomic E-state index is 0.0817. The van der Waals surface area contributed by atoms with E-state index < -0.39 is 0 Å². The second-order valence-electron chi connectivity index (χ2n) is 7.03. The van der Waals surface area contributed by atoms with Crippen LogP contribution in [0.5, 0.6) is 0 Å². The van der Waals surface area contributed by atoms with E-state index >= 15 is 0 Å². The Labute approximate surface area is 165 Å². The van der Waals surface area contributed by atoms with Gasteiger partial charge in [-0.15, -0.1) is 11.8 Å². The van der Waals surface area contributed by atoms with E-state index in [1.54, 1.807) is 18.7 Å². The number of Topliss-reactive ketones (excluding diaryl/α,β-unsaturated/α-hetero) is 1. The number of hydrogen-bond donors (Lipinski definition) is 0. The van der Waals surface area contributed by atoms with E-state index in [2.05, 4.69) is 36.9 Å². The summed E-state index contributed by atoms with van der Waals surface area (Å²) >= 11 is 1.62. The lowest BCUT2D eigenvalue weighted by Gasteiger charge is -2.36. The summed E-state index contributed by atoms with van der Waals surface area (Å²) in [6, 6.07) is 14.1. The summed E-state index contributed by atoms with van der Waals surface area (Å²) < 4.78 is 0. The molecule has 0 saturated carbocycles. The lowest BCUT2D eigenvalue weighted by atomic mass is 10.1. The Balaban J connectivity index is 1.51. The van der Waals surface area contributed by atoms with Crippen molar-refractivity contribution in [2.75, 3.05) is 36.8 Å². The van der Waals surface area contributed by atoms with E-state index in [1.807, 2.05) is 29.2 Å². The van der Waals surface area contributed by atoms with Crippen molar-refractivity contribution >= 4 is 29.1 Å². The first-order chi connectivity index (χ1) is 12.9. The molecule has 1 aliphatic rings. The third-order valence-electron chi connectivity index (χ3n) is 4.95. The van der Waals surface area contributed by atoms with Crippen molar-refractivity contribution in [3.8, 4) is 0 Å². The van der Waals surface area contributed by atoms with E-state index in [-0.39, 0.29) is 11.7 Å². The summed E-state index contributed by atoms with van der Waals surface area (Å²) in [5.74, 6) is 0.766. The van der Waals surface area contributed by atoms with Crippen LogP contribution in [0.3, 0.4) is 0 Å². The van der Waals surface area contributed by atoms with Crippen molar-refractivity contribution in [3.63, 3.8) is 0 Å². The first-order valence-electron chi connectivity index (χ1n) is 9.28. The molecule has 0 aromatic heterocycles. The molecule has 2 aromatic carbocycles. The number of benzene rings is 2. The molecule has 0 atom stereocenters. The number of hydrogen-bond acceptors (Lipinski definition) is 4. The fraction of sp³-hybridized carbons (Fsp3) is 0.364. The standard InChI is InChI=1S/C22H26N2O2S/c1-16-4-9-21(17(2)14-16)27-15-22(26)24-12-10-23(11-13-24)20-7-5-19(6-8-20)18(3)25/h4-9,14H,10-13,15H2,1-3H3.